The molecule has 2 nitrogen and oxygen atoms in total. The van der Waals surface area contributed by atoms with Crippen LogP contribution < -0.4 is 4.90 Å². The van der Waals surface area contributed by atoms with Gasteiger partial charge in [-0.15, -0.1) is 0 Å². The largest absolute Gasteiger partial charge is 0.455 e. The molecule has 1 aliphatic rings. The van der Waals surface area contributed by atoms with E-state index in [0.29, 0.717) is 0 Å². The minimum Gasteiger partial charge on any atom is -0.455 e. The fourth-order valence-corrected chi connectivity index (χ4v) is 9.33. The number of hydrogen-bond acceptors (Lipinski definition) is 3. The van der Waals surface area contributed by atoms with Crippen molar-refractivity contribution in [2.24, 2.45) is 0 Å². The van der Waals surface area contributed by atoms with E-state index in [1.54, 1.807) is 0 Å². The summed E-state index contributed by atoms with van der Waals surface area (Å²) in [6.45, 7) is 0. The minimum atomic E-state index is 0.896. The first-order valence-electron chi connectivity index (χ1n) is 18.7. The lowest BCUT2D eigenvalue weighted by Crippen LogP contribution is -2.14. The fraction of sp³-hybridized carbons (Fsp3) is 0. The standard InChI is InChI=1S/C52H33NOS/c1-3-13-37(14-4-1)49-50-44-33-39(29-32-42(44)41-17-7-8-18-43(41)52(50)54-51(49)38-15-5-2-6-16-38)36-25-23-34(24-26-36)35-27-30-40(31-28-35)53-45-19-9-11-21-47(45)55-48-22-12-10-20-46(48)53/h1-33H. The topological polar surface area (TPSA) is 16.4 Å². The van der Waals surface area contributed by atoms with E-state index >= 15 is 0 Å². The Morgan fingerprint density at radius 1 is 0.364 bits per heavy atom. The molecule has 0 bridgehead atoms. The van der Waals surface area contributed by atoms with Crippen molar-refractivity contribution in [3.8, 4) is 44.7 Å². The van der Waals surface area contributed by atoms with Gasteiger partial charge in [-0.3, -0.25) is 0 Å². The summed E-state index contributed by atoms with van der Waals surface area (Å²) in [7, 11) is 0. The Hall–Kier alpha value is -6.81. The molecule has 0 amide bonds. The zero-order chi connectivity index (χ0) is 36.3. The average molecular weight is 720 g/mol. The molecule has 0 unspecified atom stereocenters. The van der Waals surface area contributed by atoms with Crippen molar-refractivity contribution >= 4 is 61.3 Å². The lowest BCUT2D eigenvalue weighted by atomic mass is 9.90. The molecule has 0 atom stereocenters. The first kappa shape index (κ1) is 31.7. The number of furan rings is 1. The first-order chi connectivity index (χ1) is 27.3. The number of benzene rings is 9. The molecule has 2 heterocycles. The molecule has 0 saturated heterocycles. The fourth-order valence-electron chi connectivity index (χ4n) is 8.27. The highest BCUT2D eigenvalue weighted by Crippen LogP contribution is 2.52. The molecule has 0 saturated carbocycles. The predicted molar refractivity (Wildman–Crippen MR) is 232 cm³/mol. The Balaban J connectivity index is 1.01. The quantitative estimate of drug-likeness (QED) is 0.165. The Morgan fingerprint density at radius 3 is 1.51 bits per heavy atom. The van der Waals surface area contributed by atoms with Crippen LogP contribution in [-0.2, 0) is 0 Å². The van der Waals surface area contributed by atoms with Gasteiger partial charge in [-0.1, -0.05) is 169 Å². The van der Waals surface area contributed by atoms with Gasteiger partial charge in [-0.05, 0) is 86.4 Å². The van der Waals surface area contributed by atoms with E-state index < -0.39 is 0 Å². The van der Waals surface area contributed by atoms with Gasteiger partial charge in [0.15, 0.2) is 0 Å². The van der Waals surface area contributed by atoms with Crippen molar-refractivity contribution in [3.63, 3.8) is 0 Å². The number of hydrogen-bond donors (Lipinski definition) is 0. The zero-order valence-electron chi connectivity index (χ0n) is 29.8. The predicted octanol–water partition coefficient (Wildman–Crippen LogP) is 15.3. The second kappa shape index (κ2) is 12.9. The molecule has 0 spiro atoms. The van der Waals surface area contributed by atoms with E-state index in [4.69, 9.17) is 4.42 Å². The summed E-state index contributed by atoms with van der Waals surface area (Å²) in [5.41, 5.74) is 12.6. The second-order valence-corrected chi connectivity index (χ2v) is 15.1. The van der Waals surface area contributed by atoms with Crippen molar-refractivity contribution in [3.05, 3.63) is 200 Å². The molecule has 3 heteroatoms. The van der Waals surface area contributed by atoms with E-state index in [-0.39, 0.29) is 0 Å². The Kier molecular flexibility index (Phi) is 7.46. The van der Waals surface area contributed by atoms with E-state index in [0.717, 1.165) is 44.5 Å². The maximum Gasteiger partial charge on any atom is 0.143 e. The smallest absolute Gasteiger partial charge is 0.143 e. The van der Waals surface area contributed by atoms with Crippen molar-refractivity contribution in [2.45, 2.75) is 9.79 Å². The highest BCUT2D eigenvalue weighted by Gasteiger charge is 2.25. The van der Waals surface area contributed by atoms with E-state index in [1.165, 1.54) is 59.6 Å². The molecule has 0 N–H and O–H groups in total. The molecule has 11 rings (SSSR count). The zero-order valence-corrected chi connectivity index (χ0v) is 30.6. The summed E-state index contributed by atoms with van der Waals surface area (Å²) in [6.07, 6.45) is 0. The number of anilines is 3. The van der Waals surface area contributed by atoms with E-state index in [1.807, 2.05) is 11.8 Å². The van der Waals surface area contributed by atoms with Crippen LogP contribution in [0.4, 0.5) is 17.1 Å². The summed E-state index contributed by atoms with van der Waals surface area (Å²) in [5.74, 6) is 0.896. The van der Waals surface area contributed by atoms with Crippen molar-refractivity contribution in [1.29, 1.82) is 0 Å². The van der Waals surface area contributed by atoms with Gasteiger partial charge < -0.3 is 9.32 Å². The highest BCUT2D eigenvalue weighted by atomic mass is 32.2. The normalized spacial score (nSPS) is 12.3. The van der Waals surface area contributed by atoms with Crippen LogP contribution in [0.25, 0.3) is 77.2 Å². The van der Waals surface area contributed by atoms with Gasteiger partial charge in [-0.25, -0.2) is 0 Å². The lowest BCUT2D eigenvalue weighted by molar-refractivity contribution is 0.636. The van der Waals surface area contributed by atoms with Crippen LogP contribution in [-0.4, -0.2) is 0 Å². The van der Waals surface area contributed by atoms with Gasteiger partial charge in [-0.2, -0.15) is 0 Å². The molecule has 55 heavy (non-hydrogen) atoms. The van der Waals surface area contributed by atoms with Gasteiger partial charge in [0.2, 0.25) is 0 Å². The highest BCUT2D eigenvalue weighted by molar-refractivity contribution is 7.99. The Labute approximate surface area is 323 Å². The van der Waals surface area contributed by atoms with E-state index in [9.17, 15) is 0 Å². The maximum atomic E-state index is 6.95. The van der Waals surface area contributed by atoms with Crippen LogP contribution in [0.5, 0.6) is 0 Å². The van der Waals surface area contributed by atoms with Gasteiger partial charge >= 0.3 is 0 Å². The molecule has 10 aromatic rings. The number of nitrogens with zero attached hydrogens (tertiary/aromatic N) is 1. The average Bonchev–Trinajstić information content (AvgIpc) is 3.68. The molecule has 9 aromatic carbocycles. The molecular weight excluding hydrogens is 687 g/mol. The Morgan fingerprint density at radius 2 is 0.855 bits per heavy atom. The lowest BCUT2D eigenvalue weighted by Gasteiger charge is -2.32. The summed E-state index contributed by atoms with van der Waals surface area (Å²) in [4.78, 5) is 4.91. The van der Waals surface area contributed by atoms with Crippen LogP contribution in [0.15, 0.2) is 214 Å². The van der Waals surface area contributed by atoms with Gasteiger partial charge in [0, 0.05) is 37.4 Å². The molecule has 1 aromatic heterocycles. The molecule has 0 radical (unpaired) electrons. The van der Waals surface area contributed by atoms with Crippen LogP contribution in [0.3, 0.4) is 0 Å². The number of para-hydroxylation sites is 2. The van der Waals surface area contributed by atoms with Crippen LogP contribution >= 0.6 is 11.8 Å². The Bertz CT molecular complexity index is 2990. The van der Waals surface area contributed by atoms with Crippen molar-refractivity contribution in [1.82, 2.24) is 0 Å². The monoisotopic (exact) mass is 719 g/mol. The third-order valence-electron chi connectivity index (χ3n) is 10.9. The van der Waals surface area contributed by atoms with Crippen LogP contribution in [0, 0.1) is 0 Å². The van der Waals surface area contributed by atoms with Crippen LogP contribution in [0.1, 0.15) is 0 Å². The third-order valence-corrected chi connectivity index (χ3v) is 12.0. The van der Waals surface area contributed by atoms with Crippen molar-refractivity contribution in [2.75, 3.05) is 4.90 Å². The molecule has 258 valence electrons. The summed E-state index contributed by atoms with van der Waals surface area (Å²) >= 11 is 1.83. The number of rotatable bonds is 5. The number of fused-ring (bicyclic) bond motifs is 8. The first-order valence-corrected chi connectivity index (χ1v) is 19.5. The summed E-state index contributed by atoms with van der Waals surface area (Å²) in [5, 5.41) is 5.88. The SMILES string of the molecule is c1ccc(-c2oc3c4ccccc4c4ccc(-c5ccc(-c6ccc(N7c8ccccc8Sc8ccccc87)cc6)cc5)cc4c3c2-c2ccccc2)cc1. The summed E-state index contributed by atoms with van der Waals surface area (Å²) < 4.78 is 6.95. The van der Waals surface area contributed by atoms with Gasteiger partial charge in [0.05, 0.1) is 11.4 Å². The molecular formula is C52H33NOS. The summed E-state index contributed by atoms with van der Waals surface area (Å²) in [6, 6.07) is 72.0. The van der Waals surface area contributed by atoms with Crippen molar-refractivity contribution < 1.29 is 4.42 Å². The third kappa shape index (κ3) is 5.27. The van der Waals surface area contributed by atoms with Gasteiger partial charge in [0.25, 0.3) is 0 Å². The second-order valence-electron chi connectivity index (χ2n) is 14.0. The molecule has 1 aliphatic heterocycles. The van der Waals surface area contributed by atoms with Gasteiger partial charge in [0.1, 0.15) is 11.3 Å². The molecule has 0 fully saturated rings. The van der Waals surface area contributed by atoms with E-state index in [2.05, 4.69) is 205 Å². The van der Waals surface area contributed by atoms with Crippen LogP contribution in [0.2, 0.25) is 0 Å². The minimum absolute atomic E-state index is 0.896. The molecule has 0 aliphatic carbocycles. The maximum absolute atomic E-state index is 6.95.